The van der Waals surface area contributed by atoms with Crippen molar-refractivity contribution < 1.29 is 34.0 Å². The van der Waals surface area contributed by atoms with Crippen molar-refractivity contribution in [3.63, 3.8) is 0 Å². The third-order valence-corrected chi connectivity index (χ3v) is 5.41. The number of aliphatic hydroxyl groups excluding tert-OH is 1. The summed E-state index contributed by atoms with van der Waals surface area (Å²) in [7, 11) is 2.93. The van der Waals surface area contributed by atoms with Gasteiger partial charge in [-0.3, -0.25) is 9.59 Å². The summed E-state index contributed by atoms with van der Waals surface area (Å²) in [5.74, 6) is -1.02. The maximum absolute atomic E-state index is 13.1. The molecular weight excluding hydrogens is 426 g/mol. The first-order valence-corrected chi connectivity index (χ1v) is 10.7. The van der Waals surface area contributed by atoms with Gasteiger partial charge in [0.05, 0.1) is 37.5 Å². The van der Waals surface area contributed by atoms with Crippen LogP contribution in [0.15, 0.2) is 48.0 Å². The van der Waals surface area contributed by atoms with Gasteiger partial charge in [0.2, 0.25) is 0 Å². The molecule has 0 saturated carbocycles. The number of carbonyl (C=O) groups is 2. The van der Waals surface area contributed by atoms with Crippen LogP contribution in [0.3, 0.4) is 0 Å². The summed E-state index contributed by atoms with van der Waals surface area (Å²) in [5, 5.41) is 21.0. The Morgan fingerprint density at radius 3 is 2.36 bits per heavy atom. The fourth-order valence-corrected chi connectivity index (χ4v) is 3.81. The largest absolute Gasteiger partial charge is 0.508 e. The minimum absolute atomic E-state index is 0.0498. The molecule has 1 atom stereocenters. The molecule has 2 aromatic rings. The molecule has 1 fully saturated rings. The molecule has 0 radical (unpaired) electrons. The predicted molar refractivity (Wildman–Crippen MR) is 122 cm³/mol. The minimum Gasteiger partial charge on any atom is -0.508 e. The van der Waals surface area contributed by atoms with E-state index in [4.69, 9.17) is 14.2 Å². The number of aliphatic hydroxyl groups is 1. The highest BCUT2D eigenvalue weighted by atomic mass is 16.5. The van der Waals surface area contributed by atoms with Crippen LogP contribution in [0.4, 0.5) is 0 Å². The number of aromatic hydroxyl groups is 1. The van der Waals surface area contributed by atoms with Crippen LogP contribution in [-0.4, -0.2) is 60.3 Å². The van der Waals surface area contributed by atoms with E-state index in [0.29, 0.717) is 30.1 Å². The average molecular weight is 456 g/mol. The van der Waals surface area contributed by atoms with Crippen molar-refractivity contribution in [3.05, 3.63) is 59.2 Å². The third-order valence-electron chi connectivity index (χ3n) is 5.41. The zero-order valence-electron chi connectivity index (χ0n) is 19.2. The van der Waals surface area contributed by atoms with Gasteiger partial charge in [0.15, 0.2) is 0 Å². The van der Waals surface area contributed by atoms with Crippen molar-refractivity contribution in [1.82, 2.24) is 4.90 Å². The molecular formula is C25H29NO7. The number of Topliss-reactive ketones (excluding diaryl/α,β-unsaturated/α-hetero) is 1. The van der Waals surface area contributed by atoms with E-state index in [2.05, 4.69) is 0 Å². The van der Waals surface area contributed by atoms with Crippen molar-refractivity contribution in [2.24, 2.45) is 0 Å². The number of ether oxygens (including phenoxy) is 3. The van der Waals surface area contributed by atoms with Crippen molar-refractivity contribution in [3.8, 4) is 17.2 Å². The van der Waals surface area contributed by atoms with E-state index in [-0.39, 0.29) is 35.3 Å². The highest BCUT2D eigenvalue weighted by Gasteiger charge is 2.46. The van der Waals surface area contributed by atoms with Crippen LogP contribution < -0.4 is 9.47 Å². The SMILES string of the molecule is COc1ccc(OC)c(/C(O)=C2\C(=O)C(=O)N(CCCOC(C)C)C2c2ccc(O)cc2)c1. The molecule has 1 aliphatic rings. The molecule has 1 amide bonds. The lowest BCUT2D eigenvalue weighted by molar-refractivity contribution is -0.140. The lowest BCUT2D eigenvalue weighted by Crippen LogP contribution is -2.31. The Balaban J connectivity index is 2.10. The van der Waals surface area contributed by atoms with Crippen molar-refractivity contribution >= 4 is 17.4 Å². The Kier molecular flexibility index (Phi) is 7.60. The molecule has 1 saturated heterocycles. The Bertz CT molecular complexity index is 1040. The van der Waals surface area contributed by atoms with Gasteiger partial charge in [-0.2, -0.15) is 0 Å². The lowest BCUT2D eigenvalue weighted by atomic mass is 9.94. The first-order valence-electron chi connectivity index (χ1n) is 10.7. The number of nitrogens with zero attached hydrogens (tertiary/aromatic N) is 1. The number of likely N-dealkylation sites (tertiary alicyclic amines) is 1. The summed E-state index contributed by atoms with van der Waals surface area (Å²) in [6.07, 6.45) is 0.566. The van der Waals surface area contributed by atoms with Crippen molar-refractivity contribution in [1.29, 1.82) is 0 Å². The van der Waals surface area contributed by atoms with E-state index in [9.17, 15) is 19.8 Å². The van der Waals surface area contributed by atoms with Gasteiger partial charge < -0.3 is 29.3 Å². The van der Waals surface area contributed by atoms with E-state index >= 15 is 0 Å². The predicted octanol–water partition coefficient (Wildman–Crippen LogP) is 3.65. The van der Waals surface area contributed by atoms with Gasteiger partial charge in [0.1, 0.15) is 23.0 Å². The number of rotatable bonds is 9. The Morgan fingerprint density at radius 2 is 1.76 bits per heavy atom. The first-order chi connectivity index (χ1) is 15.8. The number of phenols is 1. The minimum atomic E-state index is -0.833. The van der Waals surface area contributed by atoms with Crippen LogP contribution in [0.5, 0.6) is 17.2 Å². The summed E-state index contributed by atoms with van der Waals surface area (Å²) in [6, 6.07) is 10.2. The molecule has 176 valence electrons. The number of hydrogen-bond acceptors (Lipinski definition) is 7. The quantitative estimate of drug-likeness (QED) is 0.257. The van der Waals surface area contributed by atoms with Crippen LogP contribution in [0.1, 0.15) is 37.4 Å². The van der Waals surface area contributed by atoms with Gasteiger partial charge in [0, 0.05) is 13.2 Å². The Morgan fingerprint density at radius 1 is 1.06 bits per heavy atom. The summed E-state index contributed by atoms with van der Waals surface area (Å²) < 4.78 is 16.2. The summed E-state index contributed by atoms with van der Waals surface area (Å²) in [6.45, 7) is 4.52. The van der Waals surface area contributed by atoms with Gasteiger partial charge in [-0.15, -0.1) is 0 Å². The van der Waals surface area contributed by atoms with Gasteiger partial charge in [-0.25, -0.2) is 0 Å². The molecule has 2 N–H and O–H groups in total. The monoisotopic (exact) mass is 455 g/mol. The molecule has 1 heterocycles. The van der Waals surface area contributed by atoms with Gasteiger partial charge in [-0.05, 0) is 56.2 Å². The summed E-state index contributed by atoms with van der Waals surface area (Å²) in [4.78, 5) is 27.5. The Hall–Kier alpha value is -3.52. The zero-order chi connectivity index (χ0) is 24.1. The van der Waals surface area contributed by atoms with Crippen LogP contribution >= 0.6 is 0 Å². The van der Waals surface area contributed by atoms with Gasteiger partial charge >= 0.3 is 0 Å². The normalized spacial score (nSPS) is 17.6. The number of methoxy groups -OCH3 is 2. The van der Waals surface area contributed by atoms with E-state index in [1.165, 1.54) is 31.3 Å². The van der Waals surface area contributed by atoms with Crippen LogP contribution in [-0.2, 0) is 14.3 Å². The molecule has 8 heteroatoms. The van der Waals surface area contributed by atoms with Gasteiger partial charge in [-0.1, -0.05) is 12.1 Å². The fraction of sp³-hybridized carbons (Fsp3) is 0.360. The topological polar surface area (TPSA) is 106 Å². The first kappa shape index (κ1) is 24.1. The number of hydrogen-bond donors (Lipinski definition) is 2. The third kappa shape index (κ3) is 5.12. The maximum Gasteiger partial charge on any atom is 0.295 e. The Labute approximate surface area is 193 Å². The average Bonchev–Trinajstić information content (AvgIpc) is 3.06. The van der Waals surface area contributed by atoms with E-state index < -0.39 is 17.7 Å². The second-order valence-corrected chi connectivity index (χ2v) is 7.92. The molecule has 1 aliphatic heterocycles. The van der Waals surface area contributed by atoms with E-state index in [0.717, 1.165) is 0 Å². The van der Waals surface area contributed by atoms with Crippen LogP contribution in [0.2, 0.25) is 0 Å². The van der Waals surface area contributed by atoms with E-state index in [1.54, 1.807) is 30.3 Å². The standard InChI is InChI=1S/C25H29NO7/c1-15(2)33-13-5-12-26-22(16-6-8-17(27)9-7-16)21(24(29)25(26)30)23(28)19-14-18(31-3)10-11-20(19)32-4/h6-11,14-15,22,27-28H,5,12-13H2,1-4H3/b23-21+. The van der Waals surface area contributed by atoms with Crippen molar-refractivity contribution in [2.45, 2.75) is 32.4 Å². The number of ketones is 1. The molecule has 3 rings (SSSR count). The summed E-state index contributed by atoms with van der Waals surface area (Å²) in [5.41, 5.74) is 0.768. The van der Waals surface area contributed by atoms with Crippen LogP contribution in [0, 0.1) is 0 Å². The fourth-order valence-electron chi connectivity index (χ4n) is 3.81. The number of benzene rings is 2. The number of amides is 1. The highest BCUT2D eigenvalue weighted by Crippen LogP contribution is 2.42. The number of phenolic OH excluding ortho intramolecular Hbond substituents is 1. The van der Waals surface area contributed by atoms with Crippen molar-refractivity contribution in [2.75, 3.05) is 27.4 Å². The molecule has 0 spiro atoms. The lowest BCUT2D eigenvalue weighted by Gasteiger charge is -2.25. The highest BCUT2D eigenvalue weighted by molar-refractivity contribution is 6.46. The van der Waals surface area contributed by atoms with E-state index in [1.807, 2.05) is 13.8 Å². The summed E-state index contributed by atoms with van der Waals surface area (Å²) >= 11 is 0. The van der Waals surface area contributed by atoms with Crippen LogP contribution in [0.25, 0.3) is 5.76 Å². The number of carbonyl (C=O) groups excluding carboxylic acids is 2. The second kappa shape index (κ2) is 10.4. The molecule has 33 heavy (non-hydrogen) atoms. The smallest absolute Gasteiger partial charge is 0.295 e. The molecule has 0 aromatic heterocycles. The molecule has 2 aromatic carbocycles. The van der Waals surface area contributed by atoms with Gasteiger partial charge in [0.25, 0.3) is 11.7 Å². The maximum atomic E-state index is 13.1. The molecule has 1 unspecified atom stereocenters. The zero-order valence-corrected chi connectivity index (χ0v) is 19.2. The molecule has 0 aliphatic carbocycles. The second-order valence-electron chi connectivity index (χ2n) is 7.92. The molecule has 8 nitrogen and oxygen atoms in total. The molecule has 0 bridgehead atoms.